The van der Waals surface area contributed by atoms with Crippen LogP contribution in [0.15, 0.2) is 41.3 Å². The Balaban J connectivity index is 2.00. The summed E-state index contributed by atoms with van der Waals surface area (Å²) in [5.74, 6) is 0.0445. The lowest BCUT2D eigenvalue weighted by atomic mass is 9.88. The van der Waals surface area contributed by atoms with Gasteiger partial charge in [0.25, 0.3) is 0 Å². The van der Waals surface area contributed by atoms with E-state index in [9.17, 15) is 9.59 Å². The first-order valence-electron chi connectivity index (χ1n) is 7.35. The van der Waals surface area contributed by atoms with E-state index in [-0.39, 0.29) is 11.7 Å². The number of rotatable bonds is 2. The van der Waals surface area contributed by atoms with E-state index >= 15 is 0 Å². The monoisotopic (exact) mass is 380 g/mol. The topological polar surface area (TPSA) is 43.4 Å². The minimum atomic E-state index is -0.410. The molecule has 3 nitrogen and oxygen atoms in total. The second-order valence-electron chi connectivity index (χ2n) is 5.42. The van der Waals surface area contributed by atoms with Crippen molar-refractivity contribution in [2.24, 2.45) is 0 Å². The summed E-state index contributed by atoms with van der Waals surface area (Å²) in [6.07, 6.45) is 0.674. The molecule has 0 spiro atoms. The van der Waals surface area contributed by atoms with Crippen LogP contribution in [0.3, 0.4) is 0 Å². The van der Waals surface area contributed by atoms with E-state index in [0.717, 1.165) is 16.2 Å². The zero-order chi connectivity index (χ0) is 17.3. The SMILES string of the molecule is COC(=O)c1ccc2c(c1)SCCC(c1ccc(Cl)cc1Cl)C2=O. The van der Waals surface area contributed by atoms with Crippen molar-refractivity contribution in [3.63, 3.8) is 0 Å². The maximum absolute atomic E-state index is 13.0. The quantitative estimate of drug-likeness (QED) is 0.667. The van der Waals surface area contributed by atoms with Crippen molar-refractivity contribution >= 4 is 46.7 Å². The lowest BCUT2D eigenvalue weighted by molar-refractivity contribution is 0.0600. The minimum absolute atomic E-state index is 0.00985. The van der Waals surface area contributed by atoms with Crippen LogP contribution in [0.5, 0.6) is 0 Å². The van der Waals surface area contributed by atoms with Gasteiger partial charge in [0, 0.05) is 26.4 Å². The number of methoxy groups -OCH3 is 1. The number of benzene rings is 2. The summed E-state index contributed by atoms with van der Waals surface area (Å²) in [7, 11) is 1.34. The van der Waals surface area contributed by atoms with Gasteiger partial charge in [0.15, 0.2) is 5.78 Å². The average Bonchev–Trinajstić information content (AvgIpc) is 2.73. The summed E-state index contributed by atoms with van der Waals surface area (Å²) in [5.41, 5.74) is 1.84. The van der Waals surface area contributed by atoms with E-state index in [2.05, 4.69) is 0 Å². The third-order valence-electron chi connectivity index (χ3n) is 3.99. The number of hydrogen-bond donors (Lipinski definition) is 0. The van der Waals surface area contributed by atoms with Crippen LogP contribution in [0, 0.1) is 0 Å². The standard InChI is InChI=1S/C18H14Cl2O3S/c1-23-18(22)10-2-4-14-16(8-10)24-7-6-13(17(14)21)12-5-3-11(19)9-15(12)20/h2-5,8-9,13H,6-7H2,1H3. The van der Waals surface area contributed by atoms with Gasteiger partial charge in [-0.3, -0.25) is 4.79 Å². The molecule has 0 aliphatic carbocycles. The number of carbonyl (C=O) groups excluding carboxylic acids is 2. The molecule has 24 heavy (non-hydrogen) atoms. The van der Waals surface area contributed by atoms with Gasteiger partial charge >= 0.3 is 5.97 Å². The predicted octanol–water partition coefficient (Wildman–Crippen LogP) is 5.24. The molecule has 0 bridgehead atoms. The normalized spacial score (nSPS) is 17.1. The van der Waals surface area contributed by atoms with Crippen LogP contribution in [0.2, 0.25) is 10.0 Å². The summed E-state index contributed by atoms with van der Waals surface area (Å²) in [6, 6.07) is 10.2. The van der Waals surface area contributed by atoms with Crippen LogP contribution in [-0.4, -0.2) is 24.6 Å². The molecule has 6 heteroatoms. The van der Waals surface area contributed by atoms with E-state index in [1.807, 2.05) is 6.07 Å². The second-order valence-corrected chi connectivity index (χ2v) is 7.40. The van der Waals surface area contributed by atoms with Gasteiger partial charge in [-0.15, -0.1) is 11.8 Å². The Kier molecular flexibility index (Phi) is 5.18. The van der Waals surface area contributed by atoms with Gasteiger partial charge in [0.05, 0.1) is 12.7 Å². The molecule has 0 aromatic heterocycles. The number of Topliss-reactive ketones (excluding diaryl/α,β-unsaturated/α-hetero) is 1. The van der Waals surface area contributed by atoms with Gasteiger partial charge in [0.2, 0.25) is 0 Å². The molecule has 1 unspecified atom stereocenters. The van der Waals surface area contributed by atoms with E-state index in [1.165, 1.54) is 7.11 Å². The first-order chi connectivity index (χ1) is 11.5. The number of hydrogen-bond acceptors (Lipinski definition) is 4. The van der Waals surface area contributed by atoms with Crippen LogP contribution in [0.4, 0.5) is 0 Å². The van der Waals surface area contributed by atoms with Gasteiger partial charge in [0.1, 0.15) is 0 Å². The maximum Gasteiger partial charge on any atom is 0.337 e. The summed E-state index contributed by atoms with van der Waals surface area (Å²) in [6.45, 7) is 0. The Morgan fingerprint density at radius 3 is 2.71 bits per heavy atom. The number of esters is 1. The number of ketones is 1. The van der Waals surface area contributed by atoms with Crippen molar-refractivity contribution in [3.8, 4) is 0 Å². The number of ether oxygens (including phenoxy) is 1. The van der Waals surface area contributed by atoms with Crippen molar-refractivity contribution in [2.75, 3.05) is 12.9 Å². The van der Waals surface area contributed by atoms with Crippen molar-refractivity contribution in [3.05, 3.63) is 63.1 Å². The molecule has 0 fully saturated rings. The second kappa shape index (κ2) is 7.18. The molecule has 0 N–H and O–H groups in total. The highest BCUT2D eigenvalue weighted by Gasteiger charge is 2.29. The zero-order valence-corrected chi connectivity index (χ0v) is 15.2. The van der Waals surface area contributed by atoms with Crippen LogP contribution >= 0.6 is 35.0 Å². The summed E-state index contributed by atoms with van der Waals surface area (Å²) >= 11 is 13.8. The molecule has 0 amide bonds. The van der Waals surface area contributed by atoms with E-state index < -0.39 is 5.97 Å². The molecular weight excluding hydrogens is 367 g/mol. The third kappa shape index (κ3) is 3.32. The third-order valence-corrected chi connectivity index (χ3v) is 5.64. The number of fused-ring (bicyclic) bond motifs is 1. The van der Waals surface area contributed by atoms with E-state index in [1.54, 1.807) is 42.1 Å². The van der Waals surface area contributed by atoms with Crippen LogP contribution in [-0.2, 0) is 4.74 Å². The molecule has 0 saturated carbocycles. The average molecular weight is 381 g/mol. The lowest BCUT2D eigenvalue weighted by Crippen LogP contribution is -2.13. The van der Waals surface area contributed by atoms with Crippen molar-refractivity contribution in [1.82, 2.24) is 0 Å². The van der Waals surface area contributed by atoms with Gasteiger partial charge in [-0.25, -0.2) is 4.79 Å². The molecule has 3 rings (SSSR count). The molecule has 2 aromatic carbocycles. The molecule has 1 heterocycles. The highest BCUT2D eigenvalue weighted by atomic mass is 35.5. The Morgan fingerprint density at radius 2 is 2.00 bits per heavy atom. The van der Waals surface area contributed by atoms with Gasteiger partial charge in [-0.05, 0) is 48.1 Å². The molecular formula is C18H14Cl2O3S. The molecule has 1 aliphatic heterocycles. The number of carbonyl (C=O) groups is 2. The highest BCUT2D eigenvalue weighted by Crippen LogP contribution is 2.39. The largest absolute Gasteiger partial charge is 0.465 e. The molecule has 124 valence electrons. The van der Waals surface area contributed by atoms with Crippen LogP contribution in [0.25, 0.3) is 0 Å². The summed E-state index contributed by atoms with van der Waals surface area (Å²) in [4.78, 5) is 25.5. The van der Waals surface area contributed by atoms with Crippen LogP contribution < -0.4 is 0 Å². The minimum Gasteiger partial charge on any atom is -0.465 e. The fourth-order valence-electron chi connectivity index (χ4n) is 2.78. The first-order valence-corrected chi connectivity index (χ1v) is 9.09. The Morgan fingerprint density at radius 1 is 1.21 bits per heavy atom. The lowest BCUT2D eigenvalue weighted by Gasteiger charge is -2.15. The van der Waals surface area contributed by atoms with E-state index in [4.69, 9.17) is 27.9 Å². The fraction of sp³-hybridized carbons (Fsp3) is 0.222. The van der Waals surface area contributed by atoms with Crippen molar-refractivity contribution in [2.45, 2.75) is 17.2 Å². The molecule has 0 saturated heterocycles. The van der Waals surface area contributed by atoms with E-state index in [0.29, 0.717) is 27.6 Å². The summed E-state index contributed by atoms with van der Waals surface area (Å²) in [5, 5.41) is 1.04. The molecule has 1 aliphatic rings. The maximum atomic E-state index is 13.0. The highest BCUT2D eigenvalue weighted by molar-refractivity contribution is 7.99. The Labute approximate surface area is 154 Å². The smallest absolute Gasteiger partial charge is 0.337 e. The fourth-order valence-corrected chi connectivity index (χ4v) is 4.42. The van der Waals surface area contributed by atoms with Crippen molar-refractivity contribution < 1.29 is 14.3 Å². The number of halogens is 2. The van der Waals surface area contributed by atoms with Gasteiger partial charge in [-0.2, -0.15) is 0 Å². The molecule has 0 radical (unpaired) electrons. The van der Waals surface area contributed by atoms with Crippen molar-refractivity contribution in [1.29, 1.82) is 0 Å². The van der Waals surface area contributed by atoms with Crippen LogP contribution in [0.1, 0.15) is 38.6 Å². The number of thioether (sulfide) groups is 1. The Bertz CT molecular complexity index is 820. The zero-order valence-electron chi connectivity index (χ0n) is 12.8. The predicted molar refractivity (Wildman–Crippen MR) is 96.7 cm³/mol. The molecule has 2 aromatic rings. The van der Waals surface area contributed by atoms with Gasteiger partial charge < -0.3 is 4.74 Å². The first kappa shape index (κ1) is 17.3. The summed E-state index contributed by atoms with van der Waals surface area (Å²) < 4.78 is 4.74. The van der Waals surface area contributed by atoms with Gasteiger partial charge in [-0.1, -0.05) is 29.3 Å². The Hall–Kier alpha value is -1.49. The molecule has 1 atom stereocenters.